The summed E-state index contributed by atoms with van der Waals surface area (Å²) >= 11 is 0. The Kier molecular flexibility index (Phi) is 6.49. The maximum Gasteiger partial charge on any atom is 0.308 e. The summed E-state index contributed by atoms with van der Waals surface area (Å²) in [6, 6.07) is 14.0. The number of hydrogen-bond donors (Lipinski definition) is 0. The molecule has 0 aromatic heterocycles. The van der Waals surface area contributed by atoms with E-state index >= 15 is 0 Å². The summed E-state index contributed by atoms with van der Waals surface area (Å²) in [4.78, 5) is 40.0. The van der Waals surface area contributed by atoms with E-state index in [0.717, 1.165) is 5.56 Å². The van der Waals surface area contributed by atoms with Gasteiger partial charge in [0.2, 0.25) is 5.91 Å². The Balaban J connectivity index is 1.58. The number of amides is 2. The first kappa shape index (κ1) is 20.4. The molecule has 1 fully saturated rings. The summed E-state index contributed by atoms with van der Waals surface area (Å²) in [5, 5.41) is 0. The summed E-state index contributed by atoms with van der Waals surface area (Å²) < 4.78 is 10.4. The van der Waals surface area contributed by atoms with E-state index < -0.39 is 5.97 Å². The molecule has 3 rings (SSSR count). The van der Waals surface area contributed by atoms with Gasteiger partial charge < -0.3 is 19.3 Å². The van der Waals surface area contributed by atoms with Crippen molar-refractivity contribution in [2.24, 2.45) is 0 Å². The van der Waals surface area contributed by atoms with Crippen molar-refractivity contribution in [2.75, 3.05) is 33.3 Å². The monoisotopic (exact) mass is 396 g/mol. The van der Waals surface area contributed by atoms with Crippen molar-refractivity contribution >= 4 is 17.8 Å². The third-order valence-corrected chi connectivity index (χ3v) is 4.80. The van der Waals surface area contributed by atoms with Crippen molar-refractivity contribution in [3.8, 4) is 11.5 Å². The Hall–Kier alpha value is -3.35. The van der Waals surface area contributed by atoms with E-state index in [1.54, 1.807) is 41.2 Å². The van der Waals surface area contributed by atoms with E-state index in [4.69, 9.17) is 9.47 Å². The topological polar surface area (TPSA) is 76.2 Å². The minimum absolute atomic E-state index is 0.0125. The van der Waals surface area contributed by atoms with Crippen LogP contribution in [-0.2, 0) is 16.0 Å². The number of carbonyl (C=O) groups excluding carboxylic acids is 3. The van der Waals surface area contributed by atoms with Crippen molar-refractivity contribution in [3.63, 3.8) is 0 Å². The van der Waals surface area contributed by atoms with E-state index in [0.29, 0.717) is 43.2 Å². The van der Waals surface area contributed by atoms with E-state index in [-0.39, 0.29) is 18.2 Å². The van der Waals surface area contributed by atoms with Crippen molar-refractivity contribution < 1.29 is 23.9 Å². The van der Waals surface area contributed by atoms with Crippen LogP contribution in [-0.4, -0.2) is 60.9 Å². The van der Waals surface area contributed by atoms with Crippen LogP contribution < -0.4 is 9.47 Å². The highest BCUT2D eigenvalue weighted by Gasteiger charge is 2.25. The number of rotatable bonds is 5. The number of nitrogens with zero attached hydrogens (tertiary/aromatic N) is 2. The third kappa shape index (κ3) is 5.13. The quantitative estimate of drug-likeness (QED) is 0.572. The average molecular weight is 396 g/mol. The maximum absolute atomic E-state index is 12.8. The summed E-state index contributed by atoms with van der Waals surface area (Å²) in [5.74, 6) is 0.474. The Bertz CT molecular complexity index is 904. The first-order valence-electron chi connectivity index (χ1n) is 9.45. The molecule has 0 radical (unpaired) electrons. The second kappa shape index (κ2) is 9.23. The zero-order chi connectivity index (χ0) is 20.8. The first-order chi connectivity index (χ1) is 14.0. The molecule has 1 aliphatic heterocycles. The molecule has 0 aliphatic carbocycles. The SMILES string of the molecule is COc1ccccc1CC(=O)N1CCN(C(=O)c2cccc(OC(C)=O)c2)CC1. The zero-order valence-electron chi connectivity index (χ0n) is 16.6. The van der Waals surface area contributed by atoms with Gasteiger partial charge in [0.25, 0.3) is 5.91 Å². The average Bonchev–Trinajstić information content (AvgIpc) is 2.73. The molecule has 2 amide bonds. The van der Waals surface area contributed by atoms with Crippen LogP contribution in [0.5, 0.6) is 11.5 Å². The normalized spacial score (nSPS) is 13.7. The van der Waals surface area contributed by atoms with Crippen LogP contribution in [0.4, 0.5) is 0 Å². The van der Waals surface area contributed by atoms with Crippen LogP contribution in [0.2, 0.25) is 0 Å². The summed E-state index contributed by atoms with van der Waals surface area (Å²) in [7, 11) is 1.59. The Morgan fingerprint density at radius 2 is 1.62 bits per heavy atom. The van der Waals surface area contributed by atoms with Gasteiger partial charge in [-0.25, -0.2) is 0 Å². The smallest absolute Gasteiger partial charge is 0.308 e. The number of carbonyl (C=O) groups is 3. The molecule has 29 heavy (non-hydrogen) atoms. The number of hydrogen-bond acceptors (Lipinski definition) is 5. The number of benzene rings is 2. The largest absolute Gasteiger partial charge is 0.496 e. The number of piperazine rings is 1. The molecular formula is C22H24N2O5. The van der Waals surface area contributed by atoms with Crippen molar-refractivity contribution in [1.82, 2.24) is 9.80 Å². The molecule has 2 aromatic carbocycles. The molecule has 0 saturated carbocycles. The van der Waals surface area contributed by atoms with Crippen molar-refractivity contribution in [1.29, 1.82) is 0 Å². The van der Waals surface area contributed by atoms with Gasteiger partial charge >= 0.3 is 5.97 Å². The Morgan fingerprint density at radius 3 is 2.31 bits per heavy atom. The van der Waals surface area contributed by atoms with Gasteiger partial charge in [-0.3, -0.25) is 14.4 Å². The lowest BCUT2D eigenvalue weighted by Crippen LogP contribution is -2.51. The van der Waals surface area contributed by atoms with Gasteiger partial charge in [-0.15, -0.1) is 0 Å². The van der Waals surface area contributed by atoms with E-state index in [9.17, 15) is 14.4 Å². The van der Waals surface area contributed by atoms with E-state index in [2.05, 4.69) is 0 Å². The molecular weight excluding hydrogens is 372 g/mol. The third-order valence-electron chi connectivity index (χ3n) is 4.80. The molecule has 0 bridgehead atoms. The lowest BCUT2D eigenvalue weighted by Gasteiger charge is -2.35. The molecule has 0 N–H and O–H groups in total. The van der Waals surface area contributed by atoms with Crippen LogP contribution in [0.15, 0.2) is 48.5 Å². The predicted octanol–water partition coefficient (Wildman–Crippen LogP) is 2.15. The molecule has 0 unspecified atom stereocenters. The molecule has 152 valence electrons. The lowest BCUT2D eigenvalue weighted by molar-refractivity contribution is -0.132. The molecule has 7 nitrogen and oxygen atoms in total. The van der Waals surface area contributed by atoms with Crippen molar-refractivity contribution in [3.05, 3.63) is 59.7 Å². The van der Waals surface area contributed by atoms with Gasteiger partial charge in [-0.2, -0.15) is 0 Å². The lowest BCUT2D eigenvalue weighted by atomic mass is 10.1. The van der Waals surface area contributed by atoms with Gasteiger partial charge in [0, 0.05) is 44.2 Å². The van der Waals surface area contributed by atoms with Crippen LogP contribution in [0, 0.1) is 0 Å². The summed E-state index contributed by atoms with van der Waals surface area (Å²) in [6.07, 6.45) is 0.266. The van der Waals surface area contributed by atoms with Crippen LogP contribution in [0.1, 0.15) is 22.8 Å². The molecule has 0 atom stereocenters. The van der Waals surface area contributed by atoms with Gasteiger partial charge in [-0.1, -0.05) is 24.3 Å². The number of para-hydroxylation sites is 1. The fraction of sp³-hybridized carbons (Fsp3) is 0.318. The molecule has 1 saturated heterocycles. The highest BCUT2D eigenvalue weighted by Crippen LogP contribution is 2.20. The fourth-order valence-electron chi connectivity index (χ4n) is 3.32. The molecule has 1 heterocycles. The second-order valence-corrected chi connectivity index (χ2v) is 6.78. The minimum atomic E-state index is -0.434. The Morgan fingerprint density at radius 1 is 0.931 bits per heavy atom. The standard InChI is InChI=1S/C22H24N2O5/c1-16(25)29-19-8-5-7-18(14-19)22(27)24-12-10-23(11-13-24)21(26)15-17-6-3-4-9-20(17)28-2/h3-9,14H,10-13,15H2,1-2H3. The van der Waals surface area contributed by atoms with Crippen LogP contribution >= 0.6 is 0 Å². The number of esters is 1. The molecule has 2 aromatic rings. The van der Waals surface area contributed by atoms with Crippen molar-refractivity contribution in [2.45, 2.75) is 13.3 Å². The first-order valence-corrected chi connectivity index (χ1v) is 9.45. The second-order valence-electron chi connectivity index (χ2n) is 6.78. The summed E-state index contributed by atoms with van der Waals surface area (Å²) in [5.41, 5.74) is 1.30. The van der Waals surface area contributed by atoms with Crippen LogP contribution in [0.25, 0.3) is 0 Å². The molecule has 7 heteroatoms. The molecule has 0 spiro atoms. The highest BCUT2D eigenvalue weighted by molar-refractivity contribution is 5.95. The highest BCUT2D eigenvalue weighted by atomic mass is 16.5. The minimum Gasteiger partial charge on any atom is -0.496 e. The van der Waals surface area contributed by atoms with Crippen LogP contribution in [0.3, 0.4) is 0 Å². The van der Waals surface area contributed by atoms with Gasteiger partial charge in [0.15, 0.2) is 0 Å². The predicted molar refractivity (Wildman–Crippen MR) is 107 cm³/mol. The van der Waals surface area contributed by atoms with E-state index in [1.807, 2.05) is 24.3 Å². The van der Waals surface area contributed by atoms with Gasteiger partial charge in [0.1, 0.15) is 11.5 Å². The van der Waals surface area contributed by atoms with Gasteiger partial charge in [-0.05, 0) is 24.3 Å². The number of ether oxygens (including phenoxy) is 2. The van der Waals surface area contributed by atoms with Gasteiger partial charge in [0.05, 0.1) is 13.5 Å². The zero-order valence-corrected chi connectivity index (χ0v) is 16.6. The Labute approximate surface area is 169 Å². The van der Waals surface area contributed by atoms with E-state index in [1.165, 1.54) is 6.92 Å². The summed E-state index contributed by atoms with van der Waals surface area (Å²) in [6.45, 7) is 3.17. The number of methoxy groups -OCH3 is 1. The maximum atomic E-state index is 12.8. The fourth-order valence-corrected chi connectivity index (χ4v) is 3.32. The molecule has 1 aliphatic rings.